The van der Waals surface area contributed by atoms with Gasteiger partial charge in [0.15, 0.2) is 0 Å². The van der Waals surface area contributed by atoms with Crippen LogP contribution in [0.25, 0.3) is 0 Å². The molecule has 1 aromatic carbocycles. The fourth-order valence-corrected chi connectivity index (χ4v) is 1.07. The van der Waals surface area contributed by atoms with Gasteiger partial charge in [-0.1, -0.05) is 18.2 Å². The van der Waals surface area contributed by atoms with E-state index in [4.69, 9.17) is 5.73 Å². The molecule has 0 radical (unpaired) electrons. The first-order valence-electron chi connectivity index (χ1n) is 4.79. The smallest absolute Gasteiger partial charge is 0.248 e. The average Bonchev–Trinajstić information content (AvgIpc) is 2.24. The van der Waals surface area contributed by atoms with E-state index < -0.39 is 11.7 Å². The Morgan fingerprint density at radius 3 is 2.88 bits per heavy atom. The Bertz CT molecular complexity index is 439. The van der Waals surface area contributed by atoms with Crippen molar-refractivity contribution in [1.29, 1.82) is 0 Å². The van der Waals surface area contributed by atoms with Crippen LogP contribution in [0.2, 0.25) is 0 Å². The number of halogens is 1. The Hall–Kier alpha value is -2.10. The molecule has 0 heterocycles. The van der Waals surface area contributed by atoms with Gasteiger partial charge in [0.25, 0.3) is 0 Å². The van der Waals surface area contributed by atoms with Crippen molar-refractivity contribution in [1.82, 2.24) is 0 Å². The summed E-state index contributed by atoms with van der Waals surface area (Å²) in [6, 6.07) is 4.01. The molecule has 0 aromatic heterocycles. The number of rotatable bonds is 3. The van der Waals surface area contributed by atoms with Crippen molar-refractivity contribution in [2.75, 3.05) is 11.1 Å². The molecule has 4 heteroatoms. The van der Waals surface area contributed by atoms with Gasteiger partial charge in [0.1, 0.15) is 5.82 Å². The summed E-state index contributed by atoms with van der Waals surface area (Å²) in [7, 11) is 0. The Morgan fingerprint density at radius 2 is 2.19 bits per heavy atom. The summed E-state index contributed by atoms with van der Waals surface area (Å²) in [6.45, 7) is 1.83. The van der Waals surface area contributed by atoms with Crippen molar-refractivity contribution in [3.63, 3.8) is 0 Å². The summed E-state index contributed by atoms with van der Waals surface area (Å²) in [5, 5.41) is 2.40. The Kier molecular flexibility index (Phi) is 4.27. The molecular weight excluding hydrogens is 207 g/mol. The molecule has 0 aliphatic carbocycles. The fraction of sp³-hybridized carbons (Fsp3) is 0.0833. The van der Waals surface area contributed by atoms with Gasteiger partial charge in [0.2, 0.25) is 5.91 Å². The van der Waals surface area contributed by atoms with E-state index in [1.54, 1.807) is 18.2 Å². The molecule has 3 nitrogen and oxygen atoms in total. The number of allylic oxidation sites excluding steroid dienone is 3. The Balaban J connectivity index is 2.73. The minimum atomic E-state index is -0.512. The van der Waals surface area contributed by atoms with Gasteiger partial charge in [-0.3, -0.25) is 4.79 Å². The third-order valence-corrected chi connectivity index (χ3v) is 1.80. The van der Waals surface area contributed by atoms with Crippen molar-refractivity contribution in [3.8, 4) is 0 Å². The number of nitrogen functional groups attached to an aromatic ring is 1. The van der Waals surface area contributed by atoms with E-state index in [0.717, 1.165) is 0 Å². The number of hydrogen-bond donors (Lipinski definition) is 2. The quantitative estimate of drug-likeness (QED) is 0.467. The number of amides is 1. The maximum absolute atomic E-state index is 13.2. The summed E-state index contributed by atoms with van der Waals surface area (Å²) in [5.41, 5.74) is 5.95. The maximum Gasteiger partial charge on any atom is 0.248 e. The second kappa shape index (κ2) is 5.70. The van der Waals surface area contributed by atoms with Crippen LogP contribution in [0, 0.1) is 5.82 Å². The minimum absolute atomic E-state index is 0.0788. The molecule has 1 amide bonds. The highest BCUT2D eigenvalue weighted by molar-refractivity contribution is 5.99. The topological polar surface area (TPSA) is 55.1 Å². The highest BCUT2D eigenvalue weighted by atomic mass is 19.1. The van der Waals surface area contributed by atoms with E-state index in [9.17, 15) is 9.18 Å². The molecule has 0 aliphatic rings. The van der Waals surface area contributed by atoms with Crippen molar-refractivity contribution in [3.05, 3.63) is 48.3 Å². The zero-order valence-corrected chi connectivity index (χ0v) is 8.91. The summed E-state index contributed by atoms with van der Waals surface area (Å²) in [4.78, 5) is 11.3. The van der Waals surface area contributed by atoms with Gasteiger partial charge in [0.05, 0.1) is 5.69 Å². The van der Waals surface area contributed by atoms with Gasteiger partial charge < -0.3 is 11.1 Å². The summed E-state index contributed by atoms with van der Waals surface area (Å²) >= 11 is 0. The molecule has 16 heavy (non-hydrogen) atoms. The van der Waals surface area contributed by atoms with Crippen LogP contribution in [-0.2, 0) is 4.79 Å². The number of carbonyl (C=O) groups is 1. The lowest BCUT2D eigenvalue weighted by molar-refractivity contribution is -0.111. The van der Waals surface area contributed by atoms with Gasteiger partial charge in [-0.2, -0.15) is 0 Å². The normalized spacial score (nSPS) is 11.1. The lowest BCUT2D eigenvalue weighted by Gasteiger charge is -2.04. The van der Waals surface area contributed by atoms with Crippen molar-refractivity contribution >= 4 is 17.3 Å². The molecule has 0 unspecified atom stereocenters. The molecule has 0 aliphatic heterocycles. The maximum atomic E-state index is 13.2. The van der Waals surface area contributed by atoms with Crippen LogP contribution in [0.1, 0.15) is 6.92 Å². The molecular formula is C12H13FN2O. The minimum Gasteiger partial charge on any atom is -0.399 e. The average molecular weight is 220 g/mol. The number of carbonyl (C=O) groups excluding carboxylic acids is 1. The standard InChI is InChI=1S/C12H13FN2O/c1-2-3-4-5-12(16)15-11-8-9(14)6-7-10(11)13/h2-8H,14H2,1H3,(H,15,16)/b3-2+,5-4+. The molecule has 3 N–H and O–H groups in total. The molecule has 1 aromatic rings. The molecule has 0 bridgehead atoms. The second-order valence-electron chi connectivity index (χ2n) is 3.11. The molecule has 0 saturated heterocycles. The van der Waals surface area contributed by atoms with Crippen LogP contribution in [0.3, 0.4) is 0 Å². The van der Waals surface area contributed by atoms with Crippen molar-refractivity contribution in [2.24, 2.45) is 0 Å². The number of benzene rings is 1. The fourth-order valence-electron chi connectivity index (χ4n) is 1.07. The van der Waals surface area contributed by atoms with Crippen LogP contribution >= 0.6 is 0 Å². The molecule has 0 fully saturated rings. The number of hydrogen-bond acceptors (Lipinski definition) is 2. The first kappa shape index (κ1) is 12.0. The van der Waals surface area contributed by atoms with E-state index in [-0.39, 0.29) is 5.69 Å². The highest BCUT2D eigenvalue weighted by Crippen LogP contribution is 2.17. The third-order valence-electron chi connectivity index (χ3n) is 1.80. The lowest BCUT2D eigenvalue weighted by atomic mass is 10.2. The molecule has 0 atom stereocenters. The van der Waals surface area contributed by atoms with Crippen molar-refractivity contribution < 1.29 is 9.18 Å². The summed E-state index contributed by atoms with van der Waals surface area (Å²) < 4.78 is 13.2. The Labute approximate surface area is 93.5 Å². The van der Waals surface area contributed by atoms with E-state index in [1.807, 2.05) is 6.92 Å². The SMILES string of the molecule is C/C=C/C=C/C(=O)Nc1cc(N)ccc1F. The number of nitrogens with one attached hydrogen (secondary N) is 1. The molecule has 0 saturated carbocycles. The van der Waals surface area contributed by atoms with Crippen molar-refractivity contribution in [2.45, 2.75) is 6.92 Å². The summed E-state index contributed by atoms with van der Waals surface area (Å²) in [5.74, 6) is -0.912. The molecule has 0 spiro atoms. The van der Waals surface area contributed by atoms with Crippen LogP contribution in [0.5, 0.6) is 0 Å². The highest BCUT2D eigenvalue weighted by Gasteiger charge is 2.04. The van der Waals surface area contributed by atoms with Gasteiger partial charge in [-0.15, -0.1) is 0 Å². The van der Waals surface area contributed by atoms with Crippen LogP contribution in [0.15, 0.2) is 42.5 Å². The summed E-state index contributed by atoms with van der Waals surface area (Å²) in [6.07, 6.45) is 6.36. The van der Waals surface area contributed by atoms with Crippen LogP contribution < -0.4 is 11.1 Å². The van der Waals surface area contributed by atoms with Gasteiger partial charge in [0, 0.05) is 11.8 Å². The Morgan fingerprint density at radius 1 is 1.44 bits per heavy atom. The number of nitrogens with two attached hydrogens (primary N) is 1. The van der Waals surface area contributed by atoms with E-state index in [1.165, 1.54) is 24.3 Å². The van der Waals surface area contributed by atoms with E-state index in [2.05, 4.69) is 5.32 Å². The van der Waals surface area contributed by atoms with Gasteiger partial charge in [-0.05, 0) is 25.1 Å². The van der Waals surface area contributed by atoms with E-state index >= 15 is 0 Å². The first-order chi connectivity index (χ1) is 7.63. The van der Waals surface area contributed by atoms with Gasteiger partial charge >= 0.3 is 0 Å². The zero-order chi connectivity index (χ0) is 12.0. The molecule has 84 valence electrons. The third kappa shape index (κ3) is 3.57. The predicted molar refractivity (Wildman–Crippen MR) is 63.4 cm³/mol. The van der Waals surface area contributed by atoms with Gasteiger partial charge in [-0.25, -0.2) is 4.39 Å². The first-order valence-corrected chi connectivity index (χ1v) is 4.79. The molecule has 1 rings (SSSR count). The van der Waals surface area contributed by atoms with Crippen LogP contribution in [0.4, 0.5) is 15.8 Å². The monoisotopic (exact) mass is 220 g/mol. The van der Waals surface area contributed by atoms with Crippen LogP contribution in [-0.4, -0.2) is 5.91 Å². The number of anilines is 2. The lowest BCUT2D eigenvalue weighted by Crippen LogP contribution is -2.09. The second-order valence-corrected chi connectivity index (χ2v) is 3.11. The zero-order valence-electron chi connectivity index (χ0n) is 8.91. The predicted octanol–water partition coefficient (Wildman–Crippen LogP) is 2.48. The van der Waals surface area contributed by atoms with E-state index in [0.29, 0.717) is 5.69 Å². The largest absolute Gasteiger partial charge is 0.399 e.